The van der Waals surface area contributed by atoms with Crippen LogP contribution in [0.4, 0.5) is 11.6 Å². The lowest BCUT2D eigenvalue weighted by Crippen LogP contribution is -2.01. The molecule has 8 nitrogen and oxygen atoms in total. The molecule has 2 rings (SSSR count). The van der Waals surface area contributed by atoms with E-state index in [1.165, 1.54) is 18.2 Å². The molecule has 0 amide bonds. The lowest BCUT2D eigenvalue weighted by atomic mass is 10.3. The normalized spacial score (nSPS) is 10.1. The fourth-order valence-corrected chi connectivity index (χ4v) is 1.34. The van der Waals surface area contributed by atoms with E-state index >= 15 is 0 Å². The minimum atomic E-state index is -0.582. The molecular weight excluding hydrogens is 262 g/mol. The summed E-state index contributed by atoms with van der Waals surface area (Å²) in [5.41, 5.74) is 5.14. The quantitative estimate of drug-likeness (QED) is 0.665. The summed E-state index contributed by atoms with van der Waals surface area (Å²) in [6, 6.07) is 5.59. The lowest BCUT2D eigenvalue weighted by molar-refractivity contribution is -0.385. The van der Waals surface area contributed by atoms with Gasteiger partial charge in [-0.3, -0.25) is 10.1 Å². The van der Waals surface area contributed by atoms with Crippen molar-refractivity contribution in [3.05, 3.63) is 39.7 Å². The van der Waals surface area contributed by atoms with Gasteiger partial charge in [0, 0.05) is 6.07 Å². The Morgan fingerprint density at radius 3 is 2.67 bits per heavy atom. The third-order valence-corrected chi connectivity index (χ3v) is 2.04. The Balaban J connectivity index is 2.37. The molecule has 0 fully saturated rings. The Labute approximate surface area is 106 Å². The van der Waals surface area contributed by atoms with E-state index in [2.05, 4.69) is 15.0 Å². The molecule has 1 heterocycles. The van der Waals surface area contributed by atoms with E-state index in [4.69, 9.17) is 22.1 Å². The molecule has 2 N–H and O–H groups in total. The average molecular weight is 268 g/mol. The lowest BCUT2D eigenvalue weighted by Gasteiger charge is -2.04. The summed E-state index contributed by atoms with van der Waals surface area (Å²) in [6.45, 7) is 0. The van der Waals surface area contributed by atoms with Gasteiger partial charge in [-0.2, -0.15) is 15.0 Å². The van der Waals surface area contributed by atoms with Crippen molar-refractivity contribution in [3.63, 3.8) is 0 Å². The molecule has 0 atom stereocenters. The molecular formula is C9H6ClN5O3. The second-order valence-corrected chi connectivity index (χ2v) is 3.41. The number of nitro groups is 1. The summed E-state index contributed by atoms with van der Waals surface area (Å²) in [7, 11) is 0. The monoisotopic (exact) mass is 267 g/mol. The van der Waals surface area contributed by atoms with Crippen LogP contribution in [0.5, 0.6) is 11.8 Å². The van der Waals surface area contributed by atoms with Gasteiger partial charge < -0.3 is 10.5 Å². The zero-order chi connectivity index (χ0) is 13.1. The maximum absolute atomic E-state index is 10.8. The SMILES string of the molecule is Nc1nc(Cl)nc(Oc2ccccc2[N+](=O)[O-])n1. The zero-order valence-electron chi connectivity index (χ0n) is 8.78. The van der Waals surface area contributed by atoms with Gasteiger partial charge in [0.25, 0.3) is 0 Å². The molecule has 0 aliphatic rings. The van der Waals surface area contributed by atoms with Crippen LogP contribution in [-0.2, 0) is 0 Å². The van der Waals surface area contributed by atoms with E-state index in [0.717, 1.165) is 0 Å². The smallest absolute Gasteiger partial charge is 0.328 e. The predicted molar refractivity (Wildman–Crippen MR) is 62.4 cm³/mol. The first-order valence-corrected chi connectivity index (χ1v) is 5.02. The number of rotatable bonds is 3. The minimum absolute atomic E-state index is 0.0100. The number of aromatic nitrogens is 3. The highest BCUT2D eigenvalue weighted by molar-refractivity contribution is 6.28. The summed E-state index contributed by atoms with van der Waals surface area (Å²) in [4.78, 5) is 21.0. The molecule has 0 bridgehead atoms. The molecule has 0 saturated carbocycles. The van der Waals surface area contributed by atoms with E-state index in [0.29, 0.717) is 0 Å². The highest BCUT2D eigenvalue weighted by atomic mass is 35.5. The van der Waals surface area contributed by atoms with Gasteiger partial charge in [0.15, 0.2) is 0 Å². The van der Waals surface area contributed by atoms with Crippen molar-refractivity contribution in [2.75, 3.05) is 5.73 Å². The molecule has 1 aromatic heterocycles. The van der Waals surface area contributed by atoms with E-state index < -0.39 is 4.92 Å². The largest absolute Gasteiger partial charge is 0.417 e. The van der Waals surface area contributed by atoms with Crippen LogP contribution in [0.15, 0.2) is 24.3 Å². The molecule has 1 aromatic carbocycles. The first-order valence-electron chi connectivity index (χ1n) is 4.64. The van der Waals surface area contributed by atoms with Gasteiger partial charge in [0.2, 0.25) is 17.0 Å². The van der Waals surface area contributed by atoms with Crippen molar-refractivity contribution in [1.29, 1.82) is 0 Å². The Bertz CT molecular complexity index is 586. The summed E-state index contributed by atoms with van der Waals surface area (Å²) >= 11 is 5.56. The highest BCUT2D eigenvalue weighted by Gasteiger charge is 2.16. The second-order valence-electron chi connectivity index (χ2n) is 3.07. The summed E-state index contributed by atoms with van der Waals surface area (Å²) in [5, 5.41) is 10.6. The van der Waals surface area contributed by atoms with Crippen molar-refractivity contribution < 1.29 is 9.66 Å². The Morgan fingerprint density at radius 1 is 1.28 bits per heavy atom. The highest BCUT2D eigenvalue weighted by Crippen LogP contribution is 2.29. The summed E-state index contributed by atoms with van der Waals surface area (Å²) < 4.78 is 5.16. The number of hydrogen-bond acceptors (Lipinski definition) is 7. The maximum Gasteiger partial charge on any atom is 0.328 e. The van der Waals surface area contributed by atoms with Crippen molar-refractivity contribution in [2.45, 2.75) is 0 Å². The first-order chi connectivity index (χ1) is 8.56. The van der Waals surface area contributed by atoms with Crippen LogP contribution >= 0.6 is 11.6 Å². The predicted octanol–water partition coefficient (Wildman–Crippen LogP) is 1.81. The van der Waals surface area contributed by atoms with E-state index in [-0.39, 0.29) is 28.7 Å². The molecule has 92 valence electrons. The molecule has 0 spiro atoms. The fraction of sp³-hybridized carbons (Fsp3) is 0. The first kappa shape index (κ1) is 12.0. The topological polar surface area (TPSA) is 117 Å². The number of halogens is 1. The number of ether oxygens (including phenoxy) is 1. The zero-order valence-corrected chi connectivity index (χ0v) is 9.53. The fourth-order valence-electron chi connectivity index (χ4n) is 1.18. The van der Waals surface area contributed by atoms with Crippen molar-refractivity contribution in [1.82, 2.24) is 15.0 Å². The molecule has 0 saturated heterocycles. The Morgan fingerprint density at radius 2 is 2.00 bits per heavy atom. The van der Waals surface area contributed by atoms with Crippen LogP contribution in [0, 0.1) is 10.1 Å². The van der Waals surface area contributed by atoms with Crippen LogP contribution in [0.3, 0.4) is 0 Å². The van der Waals surface area contributed by atoms with Crippen LogP contribution < -0.4 is 10.5 Å². The number of para-hydroxylation sites is 2. The Hall–Kier alpha value is -2.48. The molecule has 0 unspecified atom stereocenters. The van der Waals surface area contributed by atoms with Crippen molar-refractivity contribution >= 4 is 23.2 Å². The van der Waals surface area contributed by atoms with E-state index in [1.807, 2.05) is 0 Å². The van der Waals surface area contributed by atoms with E-state index in [1.54, 1.807) is 6.07 Å². The van der Waals surface area contributed by atoms with Gasteiger partial charge >= 0.3 is 11.7 Å². The number of nitrogens with two attached hydrogens (primary N) is 1. The van der Waals surface area contributed by atoms with Gasteiger partial charge in [-0.15, -0.1) is 0 Å². The minimum Gasteiger partial charge on any atom is -0.417 e. The van der Waals surface area contributed by atoms with Crippen LogP contribution in [0.2, 0.25) is 5.28 Å². The van der Waals surface area contributed by atoms with E-state index in [9.17, 15) is 10.1 Å². The number of anilines is 1. The molecule has 9 heteroatoms. The standard InChI is InChI=1S/C9H6ClN5O3/c10-7-12-8(11)14-9(13-7)18-6-4-2-1-3-5(6)15(16)17/h1-4H,(H2,11,12,13,14). The van der Waals surface area contributed by atoms with Gasteiger partial charge in [0.1, 0.15) is 0 Å². The van der Waals surface area contributed by atoms with Crippen molar-refractivity contribution in [2.24, 2.45) is 0 Å². The van der Waals surface area contributed by atoms with Gasteiger partial charge in [-0.1, -0.05) is 12.1 Å². The van der Waals surface area contributed by atoms with Gasteiger partial charge in [-0.25, -0.2) is 0 Å². The van der Waals surface area contributed by atoms with Crippen LogP contribution in [0.1, 0.15) is 0 Å². The van der Waals surface area contributed by atoms with Gasteiger partial charge in [0.05, 0.1) is 4.92 Å². The summed E-state index contributed by atoms with van der Waals surface area (Å²) in [5.74, 6) is -0.146. The molecule has 2 aromatic rings. The second kappa shape index (κ2) is 4.80. The summed E-state index contributed by atoms with van der Waals surface area (Å²) in [6.07, 6.45) is 0. The molecule has 0 radical (unpaired) electrons. The van der Waals surface area contributed by atoms with Crippen LogP contribution in [-0.4, -0.2) is 19.9 Å². The molecule has 0 aliphatic heterocycles. The third-order valence-electron chi connectivity index (χ3n) is 1.87. The number of nitrogens with zero attached hydrogens (tertiary/aromatic N) is 4. The maximum atomic E-state index is 10.8. The number of nitrogen functional groups attached to an aromatic ring is 1. The molecule has 18 heavy (non-hydrogen) atoms. The van der Waals surface area contributed by atoms with Crippen molar-refractivity contribution in [3.8, 4) is 11.8 Å². The van der Waals surface area contributed by atoms with Crippen LogP contribution in [0.25, 0.3) is 0 Å². The van der Waals surface area contributed by atoms with Gasteiger partial charge in [-0.05, 0) is 17.7 Å². The average Bonchev–Trinajstić information content (AvgIpc) is 2.27. The number of hydrogen-bond donors (Lipinski definition) is 1. The Kier molecular flexibility index (Phi) is 3.20. The number of benzene rings is 1. The number of nitro benzene ring substituents is 1. The third kappa shape index (κ3) is 2.61. The molecule has 0 aliphatic carbocycles.